The molecule has 2 N–H and O–H groups in total. The van der Waals surface area contributed by atoms with E-state index in [0.29, 0.717) is 34.2 Å². The maximum Gasteiger partial charge on any atom is 0.237 e. The fourth-order valence-corrected chi connectivity index (χ4v) is 4.79. The van der Waals surface area contributed by atoms with Gasteiger partial charge in [-0.1, -0.05) is 24.3 Å². The van der Waals surface area contributed by atoms with Crippen LogP contribution in [0.4, 0.5) is 34.1 Å². The van der Waals surface area contributed by atoms with Gasteiger partial charge in [-0.3, -0.25) is 20.4 Å². The minimum Gasteiger partial charge on any atom is -0.494 e. The summed E-state index contributed by atoms with van der Waals surface area (Å²) in [6.07, 6.45) is 0. The molecular formula is C37H36N8O3. The highest BCUT2D eigenvalue weighted by molar-refractivity contribution is 5.63. The quantitative estimate of drug-likeness (QED) is 0.125. The summed E-state index contributed by atoms with van der Waals surface area (Å²) in [6.45, 7) is 11.6. The van der Waals surface area contributed by atoms with Gasteiger partial charge in [-0.25, -0.2) is 0 Å². The van der Waals surface area contributed by atoms with E-state index in [1.165, 1.54) is 12.1 Å². The first kappa shape index (κ1) is 33.3. The van der Waals surface area contributed by atoms with Gasteiger partial charge in [0.15, 0.2) is 5.36 Å². The number of anilines is 2. The molecule has 0 amide bonds. The summed E-state index contributed by atoms with van der Waals surface area (Å²) in [5, 5.41) is 25.9. The molecule has 242 valence electrons. The molecule has 0 saturated carbocycles. The molecule has 5 aromatic carbocycles. The number of aryl methyl sites for hydroxylation is 4. The van der Waals surface area contributed by atoms with Gasteiger partial charge in [-0.2, -0.15) is 25.5 Å². The second-order valence-corrected chi connectivity index (χ2v) is 11.4. The average Bonchev–Trinajstić information content (AvgIpc) is 3.07. The number of nitrogens with zero attached hydrogens (tertiary/aromatic N) is 6. The Bertz CT molecular complexity index is 2300. The molecule has 5 rings (SSSR count). The second-order valence-electron chi connectivity index (χ2n) is 11.4. The number of nitrogens with one attached hydrogen (secondary N) is 2. The number of hydrogen-bond acceptors (Lipinski definition) is 11. The highest BCUT2D eigenvalue weighted by Gasteiger charge is 2.09. The average molecular weight is 641 g/mol. The van der Waals surface area contributed by atoms with Crippen LogP contribution in [-0.2, 0) is 0 Å². The third-order valence-electron chi connectivity index (χ3n) is 7.94. The van der Waals surface area contributed by atoms with Gasteiger partial charge in [-0.15, -0.1) is 5.11 Å². The number of para-hydroxylation sites is 1. The largest absolute Gasteiger partial charge is 0.494 e. The highest BCUT2D eigenvalue weighted by atomic mass is 16.5. The molecule has 11 heteroatoms. The Morgan fingerprint density at radius 3 is 2.02 bits per heavy atom. The lowest BCUT2D eigenvalue weighted by molar-refractivity contribution is 0.416. The van der Waals surface area contributed by atoms with E-state index in [1.807, 2.05) is 102 Å². The van der Waals surface area contributed by atoms with E-state index in [-0.39, 0.29) is 10.7 Å². The Morgan fingerprint density at radius 2 is 1.25 bits per heavy atom. The zero-order valence-electron chi connectivity index (χ0n) is 27.9. The van der Waals surface area contributed by atoms with E-state index in [2.05, 4.69) is 41.5 Å². The van der Waals surface area contributed by atoms with Crippen molar-refractivity contribution in [2.75, 3.05) is 18.0 Å². The molecule has 0 fully saturated rings. The Kier molecular flexibility index (Phi) is 10.1. The number of methoxy groups -OCH3 is 1. The van der Waals surface area contributed by atoms with E-state index < -0.39 is 10.9 Å². The SMILES string of the molecule is COc1ccccc1N=Nc1cc(C)c(N/N=c2\ccc(=O)/c(=N/Nc3ccc(N=Nc4cc(C)ccc4C)c(C)c3C)c2=O)cc1C. The fraction of sp³-hybridized carbons (Fsp3) is 0.189. The van der Waals surface area contributed by atoms with Crippen LogP contribution in [0.2, 0.25) is 0 Å². The van der Waals surface area contributed by atoms with E-state index in [4.69, 9.17) is 4.74 Å². The molecule has 0 unspecified atom stereocenters. The van der Waals surface area contributed by atoms with Gasteiger partial charge in [0.1, 0.15) is 16.8 Å². The predicted molar refractivity (Wildman–Crippen MR) is 189 cm³/mol. The zero-order valence-corrected chi connectivity index (χ0v) is 27.9. The number of rotatable bonds is 9. The van der Waals surface area contributed by atoms with Crippen molar-refractivity contribution in [3.05, 3.63) is 143 Å². The normalized spacial score (nSPS) is 12.3. The summed E-state index contributed by atoms with van der Waals surface area (Å²) >= 11 is 0. The number of ether oxygens (including phenoxy) is 1. The van der Waals surface area contributed by atoms with Gasteiger partial charge in [0.05, 0.1) is 35.5 Å². The van der Waals surface area contributed by atoms with Crippen molar-refractivity contribution < 1.29 is 4.74 Å². The van der Waals surface area contributed by atoms with Gasteiger partial charge in [0, 0.05) is 0 Å². The molecule has 0 spiro atoms. The van der Waals surface area contributed by atoms with Gasteiger partial charge in [0.25, 0.3) is 0 Å². The summed E-state index contributed by atoms with van der Waals surface area (Å²) in [7, 11) is 1.59. The van der Waals surface area contributed by atoms with Gasteiger partial charge in [-0.05, 0) is 130 Å². The molecule has 0 saturated heterocycles. The molecule has 0 aliphatic rings. The van der Waals surface area contributed by atoms with Crippen LogP contribution in [0, 0.1) is 41.5 Å². The monoisotopic (exact) mass is 640 g/mol. The first-order valence-corrected chi connectivity index (χ1v) is 15.3. The Balaban J connectivity index is 1.37. The maximum absolute atomic E-state index is 13.3. The van der Waals surface area contributed by atoms with Gasteiger partial charge < -0.3 is 4.74 Å². The minimum atomic E-state index is -0.604. The molecule has 5 aromatic rings. The van der Waals surface area contributed by atoms with Crippen LogP contribution in [0.15, 0.2) is 119 Å². The van der Waals surface area contributed by atoms with Crippen LogP contribution in [0.3, 0.4) is 0 Å². The first-order chi connectivity index (χ1) is 23.0. The third-order valence-corrected chi connectivity index (χ3v) is 7.94. The van der Waals surface area contributed by atoms with E-state index in [0.717, 1.165) is 39.1 Å². The number of benzene rings is 5. The Hall–Kier alpha value is -6.10. The smallest absolute Gasteiger partial charge is 0.237 e. The fourth-order valence-electron chi connectivity index (χ4n) is 4.79. The van der Waals surface area contributed by atoms with Crippen LogP contribution in [0.5, 0.6) is 5.75 Å². The molecular weight excluding hydrogens is 604 g/mol. The molecule has 0 atom stereocenters. The van der Waals surface area contributed by atoms with Crippen molar-refractivity contribution in [1.29, 1.82) is 0 Å². The van der Waals surface area contributed by atoms with E-state index in [9.17, 15) is 9.59 Å². The molecule has 0 aromatic heterocycles. The highest BCUT2D eigenvalue weighted by Crippen LogP contribution is 2.32. The van der Waals surface area contributed by atoms with Crippen molar-refractivity contribution in [2.24, 2.45) is 30.7 Å². The van der Waals surface area contributed by atoms with E-state index in [1.54, 1.807) is 13.2 Å². The number of hydrogen-bond donors (Lipinski definition) is 2. The lowest BCUT2D eigenvalue weighted by Crippen LogP contribution is -2.48. The Morgan fingerprint density at radius 1 is 0.562 bits per heavy atom. The Labute approximate surface area is 277 Å². The van der Waals surface area contributed by atoms with Crippen molar-refractivity contribution in [3.8, 4) is 5.75 Å². The predicted octanol–water partition coefficient (Wildman–Crippen LogP) is 7.83. The first-order valence-electron chi connectivity index (χ1n) is 15.3. The molecule has 0 aliphatic heterocycles. The summed E-state index contributed by atoms with van der Waals surface area (Å²) in [4.78, 5) is 25.9. The summed E-state index contributed by atoms with van der Waals surface area (Å²) in [5.74, 6) is 0.626. The molecule has 11 nitrogen and oxygen atoms in total. The van der Waals surface area contributed by atoms with Gasteiger partial charge >= 0.3 is 0 Å². The van der Waals surface area contributed by atoms with Crippen LogP contribution >= 0.6 is 0 Å². The molecule has 0 heterocycles. The maximum atomic E-state index is 13.3. The topological polar surface area (TPSA) is 142 Å². The lowest BCUT2D eigenvalue weighted by atomic mass is 10.1. The van der Waals surface area contributed by atoms with Crippen molar-refractivity contribution in [2.45, 2.75) is 41.5 Å². The van der Waals surface area contributed by atoms with Crippen LogP contribution in [0.25, 0.3) is 0 Å². The third kappa shape index (κ3) is 7.47. The summed E-state index contributed by atoms with van der Waals surface area (Å²) < 4.78 is 5.35. The van der Waals surface area contributed by atoms with E-state index >= 15 is 0 Å². The molecule has 0 bridgehead atoms. The zero-order chi connectivity index (χ0) is 34.4. The van der Waals surface area contributed by atoms with Crippen molar-refractivity contribution in [3.63, 3.8) is 0 Å². The minimum absolute atomic E-state index is 0.0437. The van der Waals surface area contributed by atoms with Crippen LogP contribution < -0.4 is 37.2 Å². The van der Waals surface area contributed by atoms with Gasteiger partial charge in [0.2, 0.25) is 10.9 Å². The lowest BCUT2D eigenvalue weighted by Gasteiger charge is -2.10. The van der Waals surface area contributed by atoms with Crippen molar-refractivity contribution >= 4 is 34.1 Å². The second kappa shape index (κ2) is 14.5. The van der Waals surface area contributed by atoms with Crippen molar-refractivity contribution in [1.82, 2.24) is 0 Å². The van der Waals surface area contributed by atoms with Crippen LogP contribution in [0.1, 0.15) is 33.4 Å². The summed E-state index contributed by atoms with van der Waals surface area (Å²) in [6, 6.07) is 23.4. The summed E-state index contributed by atoms with van der Waals surface area (Å²) in [5.41, 5.74) is 14.4. The number of azo groups is 2. The molecule has 48 heavy (non-hydrogen) atoms. The molecule has 0 radical (unpaired) electrons. The molecule has 0 aliphatic carbocycles. The standard InChI is InChI=1S/C37H36N8O3/c1-21-12-13-22(2)31(18-21)42-38-27-14-15-28(26(6)25(27)5)39-45-36-34(46)17-16-30(37(36)47)41-44-33-20-23(3)32(19-24(33)4)43-40-29-10-8-9-11-35(29)48-7/h8-20,39,44H,1-7H3/b41-30+,42-38?,43-40?,45-36-. The van der Waals surface area contributed by atoms with Crippen LogP contribution in [-0.4, -0.2) is 7.11 Å².